The lowest BCUT2D eigenvalue weighted by molar-refractivity contribution is 0.241. The zero-order valence-electron chi connectivity index (χ0n) is 10.5. The van der Waals surface area contributed by atoms with Gasteiger partial charge in [0.1, 0.15) is 0 Å². The largest absolute Gasteiger partial charge is 0.0990 e. The van der Waals surface area contributed by atoms with Crippen LogP contribution in [0.5, 0.6) is 0 Å². The molecule has 2 bridgehead atoms. The molecular weight excluding hydrogens is 180 g/mol. The van der Waals surface area contributed by atoms with E-state index in [9.17, 15) is 0 Å². The SMILES string of the molecule is C=C1C2CCC(C2)[C@@]1(C)CCC=C(C)C. The van der Waals surface area contributed by atoms with Crippen molar-refractivity contribution in [1.82, 2.24) is 0 Å². The molecule has 0 radical (unpaired) electrons. The molecule has 0 amide bonds. The smallest absolute Gasteiger partial charge is 0.00849 e. The molecule has 2 aliphatic carbocycles. The molecule has 2 rings (SSSR count). The summed E-state index contributed by atoms with van der Waals surface area (Å²) in [5, 5.41) is 0. The summed E-state index contributed by atoms with van der Waals surface area (Å²) in [7, 11) is 0. The highest BCUT2D eigenvalue weighted by atomic mass is 14.5. The Bertz CT molecular complexity index is 293. The zero-order chi connectivity index (χ0) is 11.1. The molecular formula is C15H24. The molecule has 2 fully saturated rings. The van der Waals surface area contributed by atoms with Crippen molar-refractivity contribution in [3.05, 3.63) is 23.8 Å². The summed E-state index contributed by atoms with van der Waals surface area (Å²) in [6, 6.07) is 0. The standard InChI is InChI=1S/C15H24/c1-11(2)6-5-9-15(4)12(3)13-7-8-14(15)10-13/h6,13-14H,3,5,7-10H2,1-2,4H3/t13?,14?,15-/m0/s1. The van der Waals surface area contributed by atoms with Crippen molar-refractivity contribution in [2.45, 2.75) is 52.9 Å². The highest BCUT2D eigenvalue weighted by Crippen LogP contribution is 2.60. The van der Waals surface area contributed by atoms with E-state index in [-0.39, 0.29) is 0 Å². The third kappa shape index (κ3) is 1.79. The summed E-state index contributed by atoms with van der Waals surface area (Å²) >= 11 is 0. The van der Waals surface area contributed by atoms with Crippen molar-refractivity contribution in [3.8, 4) is 0 Å². The van der Waals surface area contributed by atoms with Crippen LogP contribution in [0.1, 0.15) is 52.9 Å². The van der Waals surface area contributed by atoms with Gasteiger partial charge in [0, 0.05) is 0 Å². The second kappa shape index (κ2) is 3.81. The molecule has 0 saturated heterocycles. The molecule has 15 heavy (non-hydrogen) atoms. The van der Waals surface area contributed by atoms with Crippen molar-refractivity contribution in [3.63, 3.8) is 0 Å². The summed E-state index contributed by atoms with van der Waals surface area (Å²) in [5.41, 5.74) is 3.49. The van der Waals surface area contributed by atoms with Crippen molar-refractivity contribution in [2.75, 3.05) is 0 Å². The maximum Gasteiger partial charge on any atom is -0.00849 e. The fourth-order valence-electron chi connectivity index (χ4n) is 3.63. The van der Waals surface area contributed by atoms with Crippen LogP contribution in [0.2, 0.25) is 0 Å². The molecule has 2 aliphatic rings. The third-order valence-electron chi connectivity index (χ3n) is 4.78. The monoisotopic (exact) mass is 204 g/mol. The van der Waals surface area contributed by atoms with Gasteiger partial charge in [-0.3, -0.25) is 0 Å². The van der Waals surface area contributed by atoms with E-state index in [0.29, 0.717) is 5.41 Å². The molecule has 0 heteroatoms. The van der Waals surface area contributed by atoms with Crippen LogP contribution in [0.15, 0.2) is 23.8 Å². The van der Waals surface area contributed by atoms with E-state index < -0.39 is 0 Å². The zero-order valence-corrected chi connectivity index (χ0v) is 10.5. The van der Waals surface area contributed by atoms with Crippen molar-refractivity contribution >= 4 is 0 Å². The number of fused-ring (bicyclic) bond motifs is 2. The predicted octanol–water partition coefficient (Wildman–Crippen LogP) is 4.73. The van der Waals surface area contributed by atoms with Gasteiger partial charge in [0.15, 0.2) is 0 Å². The van der Waals surface area contributed by atoms with E-state index in [1.165, 1.54) is 37.7 Å². The van der Waals surface area contributed by atoms with Gasteiger partial charge >= 0.3 is 0 Å². The van der Waals surface area contributed by atoms with Crippen molar-refractivity contribution in [1.29, 1.82) is 0 Å². The van der Waals surface area contributed by atoms with E-state index in [4.69, 9.17) is 0 Å². The fraction of sp³-hybridized carbons (Fsp3) is 0.733. The normalized spacial score (nSPS) is 38.5. The van der Waals surface area contributed by atoms with Crippen LogP contribution in [0.4, 0.5) is 0 Å². The highest BCUT2D eigenvalue weighted by Gasteiger charge is 2.49. The molecule has 0 N–H and O–H groups in total. The first kappa shape index (κ1) is 11.0. The average molecular weight is 204 g/mol. The summed E-state index contributed by atoms with van der Waals surface area (Å²) < 4.78 is 0. The second-order valence-corrected chi connectivity index (χ2v) is 5.97. The minimum Gasteiger partial charge on any atom is -0.0990 e. The Morgan fingerprint density at radius 2 is 2.20 bits per heavy atom. The topological polar surface area (TPSA) is 0 Å². The fourth-order valence-corrected chi connectivity index (χ4v) is 3.63. The Kier molecular flexibility index (Phi) is 2.79. The van der Waals surface area contributed by atoms with Gasteiger partial charge in [0.25, 0.3) is 0 Å². The van der Waals surface area contributed by atoms with Crippen LogP contribution in [0.3, 0.4) is 0 Å². The molecule has 2 unspecified atom stereocenters. The number of hydrogen-bond acceptors (Lipinski definition) is 0. The molecule has 0 aromatic carbocycles. The predicted molar refractivity (Wildman–Crippen MR) is 66.7 cm³/mol. The molecule has 2 saturated carbocycles. The van der Waals surface area contributed by atoms with Gasteiger partial charge in [-0.15, -0.1) is 0 Å². The van der Waals surface area contributed by atoms with E-state index >= 15 is 0 Å². The average Bonchev–Trinajstić information content (AvgIpc) is 2.70. The maximum atomic E-state index is 4.37. The van der Waals surface area contributed by atoms with Gasteiger partial charge < -0.3 is 0 Å². The van der Waals surface area contributed by atoms with E-state index in [1.54, 1.807) is 5.57 Å². The van der Waals surface area contributed by atoms with Crippen LogP contribution in [-0.2, 0) is 0 Å². The Morgan fingerprint density at radius 1 is 1.47 bits per heavy atom. The molecule has 0 spiro atoms. The van der Waals surface area contributed by atoms with Crippen LogP contribution in [0, 0.1) is 17.3 Å². The Morgan fingerprint density at radius 3 is 2.73 bits per heavy atom. The lowest BCUT2D eigenvalue weighted by atomic mass is 9.69. The Hall–Kier alpha value is -0.520. The first-order valence-corrected chi connectivity index (χ1v) is 6.36. The Labute approximate surface area is 94.5 Å². The third-order valence-corrected chi connectivity index (χ3v) is 4.78. The van der Waals surface area contributed by atoms with Crippen LogP contribution < -0.4 is 0 Å². The quantitative estimate of drug-likeness (QED) is 0.583. The minimum atomic E-state index is 0.467. The summed E-state index contributed by atoms with van der Waals surface area (Å²) in [6.45, 7) is 11.2. The van der Waals surface area contributed by atoms with Crippen LogP contribution in [0.25, 0.3) is 0 Å². The first-order chi connectivity index (χ1) is 7.04. The molecule has 0 heterocycles. The number of hydrogen-bond donors (Lipinski definition) is 0. The lowest BCUT2D eigenvalue weighted by Crippen LogP contribution is -2.25. The van der Waals surface area contributed by atoms with Crippen molar-refractivity contribution < 1.29 is 0 Å². The van der Waals surface area contributed by atoms with E-state index in [0.717, 1.165) is 11.8 Å². The first-order valence-electron chi connectivity index (χ1n) is 6.36. The van der Waals surface area contributed by atoms with Gasteiger partial charge in [0.05, 0.1) is 0 Å². The van der Waals surface area contributed by atoms with Gasteiger partial charge in [0.2, 0.25) is 0 Å². The summed E-state index contributed by atoms with van der Waals surface area (Å²) in [6.07, 6.45) is 9.24. The molecule has 0 aromatic rings. The highest BCUT2D eigenvalue weighted by molar-refractivity contribution is 5.24. The number of allylic oxidation sites excluding steroid dienone is 3. The summed E-state index contributed by atoms with van der Waals surface area (Å²) in [4.78, 5) is 0. The van der Waals surface area contributed by atoms with Crippen LogP contribution in [-0.4, -0.2) is 0 Å². The molecule has 0 aromatic heterocycles. The second-order valence-electron chi connectivity index (χ2n) is 5.97. The van der Waals surface area contributed by atoms with E-state index in [2.05, 4.69) is 33.4 Å². The molecule has 0 aliphatic heterocycles. The molecule has 3 atom stereocenters. The molecule has 0 nitrogen and oxygen atoms in total. The lowest BCUT2D eigenvalue weighted by Gasteiger charge is -2.36. The molecule has 84 valence electrons. The van der Waals surface area contributed by atoms with Crippen molar-refractivity contribution in [2.24, 2.45) is 17.3 Å². The van der Waals surface area contributed by atoms with Gasteiger partial charge in [-0.05, 0) is 63.2 Å². The summed E-state index contributed by atoms with van der Waals surface area (Å²) in [5.74, 6) is 1.81. The van der Waals surface area contributed by atoms with Gasteiger partial charge in [-0.2, -0.15) is 0 Å². The van der Waals surface area contributed by atoms with Gasteiger partial charge in [-0.1, -0.05) is 30.7 Å². The van der Waals surface area contributed by atoms with E-state index in [1.807, 2.05) is 0 Å². The minimum absolute atomic E-state index is 0.467. The Balaban J connectivity index is 2.01. The maximum absolute atomic E-state index is 4.37. The number of rotatable bonds is 3. The van der Waals surface area contributed by atoms with Crippen LogP contribution >= 0.6 is 0 Å². The van der Waals surface area contributed by atoms with Gasteiger partial charge in [-0.25, -0.2) is 0 Å².